The number of ether oxygens (including phenoxy) is 1. The van der Waals surface area contributed by atoms with Gasteiger partial charge in [-0.3, -0.25) is 9.59 Å². The number of amides is 2. The van der Waals surface area contributed by atoms with Crippen LogP contribution in [0, 0.1) is 0 Å². The molecule has 0 atom stereocenters. The molecule has 30 heavy (non-hydrogen) atoms. The molecule has 2 amide bonds. The van der Waals surface area contributed by atoms with Gasteiger partial charge in [-0.05, 0) is 79.1 Å². The fraction of sp³-hybridized carbons (Fsp3) is 0.167. The molecule has 1 saturated carbocycles. The van der Waals surface area contributed by atoms with Crippen LogP contribution in [0.4, 0.5) is 11.4 Å². The molecule has 3 aromatic rings. The van der Waals surface area contributed by atoms with E-state index >= 15 is 0 Å². The van der Waals surface area contributed by atoms with Gasteiger partial charge in [0, 0.05) is 22.0 Å². The van der Waals surface area contributed by atoms with E-state index in [0.717, 1.165) is 24.2 Å². The van der Waals surface area contributed by atoms with Crippen molar-refractivity contribution < 1.29 is 14.3 Å². The Kier molecular flexibility index (Phi) is 5.46. The van der Waals surface area contributed by atoms with Crippen molar-refractivity contribution in [1.29, 1.82) is 0 Å². The van der Waals surface area contributed by atoms with Gasteiger partial charge in [-0.2, -0.15) is 0 Å². The highest BCUT2D eigenvalue weighted by Crippen LogP contribution is 2.49. The molecule has 0 heterocycles. The second-order valence-corrected chi connectivity index (χ2v) is 7.74. The number of carbonyl (C=O) groups excluding carboxylic acids is 2. The van der Waals surface area contributed by atoms with Gasteiger partial charge >= 0.3 is 0 Å². The molecule has 0 saturated heterocycles. The summed E-state index contributed by atoms with van der Waals surface area (Å²) in [6, 6.07) is 21.4. The number of nitrogens with one attached hydrogen (secondary N) is 2. The Bertz CT molecular complexity index is 1060. The van der Waals surface area contributed by atoms with Gasteiger partial charge in [0.05, 0.1) is 12.5 Å². The largest absolute Gasteiger partial charge is 0.497 e. The van der Waals surface area contributed by atoms with Crippen molar-refractivity contribution in [2.24, 2.45) is 0 Å². The third kappa shape index (κ3) is 4.16. The van der Waals surface area contributed by atoms with Crippen molar-refractivity contribution in [1.82, 2.24) is 0 Å². The van der Waals surface area contributed by atoms with Crippen LogP contribution < -0.4 is 15.4 Å². The fourth-order valence-corrected chi connectivity index (χ4v) is 3.50. The zero-order valence-electron chi connectivity index (χ0n) is 16.4. The fourth-order valence-electron chi connectivity index (χ4n) is 3.37. The first kappa shape index (κ1) is 20.0. The number of benzene rings is 3. The third-order valence-electron chi connectivity index (χ3n) is 5.33. The minimum atomic E-state index is -0.491. The summed E-state index contributed by atoms with van der Waals surface area (Å²) >= 11 is 5.96. The molecule has 5 nitrogen and oxygen atoms in total. The number of anilines is 2. The van der Waals surface area contributed by atoms with Gasteiger partial charge in [0.2, 0.25) is 5.91 Å². The van der Waals surface area contributed by atoms with Gasteiger partial charge in [-0.1, -0.05) is 23.7 Å². The summed E-state index contributed by atoms with van der Waals surface area (Å²) in [5.41, 5.74) is 2.32. The van der Waals surface area contributed by atoms with Crippen molar-refractivity contribution in [3.05, 3.63) is 88.9 Å². The molecule has 4 rings (SSSR count). The van der Waals surface area contributed by atoms with Crippen LogP contribution in [0.15, 0.2) is 72.8 Å². The predicted octanol–water partition coefficient (Wildman–Crippen LogP) is 5.27. The Balaban J connectivity index is 1.40. The minimum Gasteiger partial charge on any atom is -0.497 e. The SMILES string of the molecule is COc1ccc(NC(=O)c2ccc(NC(=O)C3(c4ccc(Cl)cc4)CC3)cc2)cc1. The van der Waals surface area contributed by atoms with Gasteiger partial charge < -0.3 is 15.4 Å². The van der Waals surface area contributed by atoms with Crippen LogP contribution >= 0.6 is 11.6 Å². The van der Waals surface area contributed by atoms with Crippen molar-refractivity contribution >= 4 is 34.8 Å². The highest BCUT2D eigenvalue weighted by Gasteiger charge is 2.51. The summed E-state index contributed by atoms with van der Waals surface area (Å²) in [5.74, 6) is 0.457. The van der Waals surface area contributed by atoms with Crippen LogP contribution in [0.25, 0.3) is 0 Å². The van der Waals surface area contributed by atoms with Crippen molar-refractivity contribution in [2.45, 2.75) is 18.3 Å². The minimum absolute atomic E-state index is 0.0414. The lowest BCUT2D eigenvalue weighted by Crippen LogP contribution is -2.27. The molecule has 0 aliphatic heterocycles. The van der Waals surface area contributed by atoms with Crippen molar-refractivity contribution in [2.75, 3.05) is 17.7 Å². The van der Waals surface area contributed by atoms with Gasteiger partial charge in [-0.25, -0.2) is 0 Å². The Morgan fingerprint density at radius 3 is 1.97 bits per heavy atom. The molecule has 0 bridgehead atoms. The maximum absolute atomic E-state index is 12.9. The quantitative estimate of drug-likeness (QED) is 0.570. The molecule has 0 aromatic heterocycles. The summed E-state index contributed by atoms with van der Waals surface area (Å²) in [5, 5.41) is 6.46. The van der Waals surface area contributed by atoms with E-state index in [-0.39, 0.29) is 11.8 Å². The van der Waals surface area contributed by atoms with Crippen LogP contribution in [0.2, 0.25) is 5.02 Å². The maximum atomic E-state index is 12.9. The van der Waals surface area contributed by atoms with Crippen LogP contribution in [-0.2, 0) is 10.2 Å². The average molecular weight is 421 g/mol. The topological polar surface area (TPSA) is 67.4 Å². The molecule has 152 valence electrons. The van der Waals surface area contributed by atoms with Crippen LogP contribution in [-0.4, -0.2) is 18.9 Å². The first-order chi connectivity index (χ1) is 14.5. The summed E-state index contributed by atoms with van der Waals surface area (Å²) in [6.07, 6.45) is 1.62. The number of methoxy groups -OCH3 is 1. The summed E-state index contributed by atoms with van der Waals surface area (Å²) in [6.45, 7) is 0. The molecule has 2 N–H and O–H groups in total. The van der Waals surface area contributed by atoms with E-state index in [0.29, 0.717) is 22.0 Å². The Morgan fingerprint density at radius 2 is 1.40 bits per heavy atom. The summed E-state index contributed by atoms with van der Waals surface area (Å²) < 4.78 is 5.11. The molecule has 3 aromatic carbocycles. The van der Waals surface area contributed by atoms with Crippen molar-refractivity contribution in [3.8, 4) is 5.75 Å². The Labute approximate surface area is 180 Å². The van der Waals surface area contributed by atoms with E-state index in [4.69, 9.17) is 16.3 Å². The molecule has 0 spiro atoms. The second-order valence-electron chi connectivity index (χ2n) is 7.30. The third-order valence-corrected chi connectivity index (χ3v) is 5.59. The summed E-state index contributed by atoms with van der Waals surface area (Å²) in [7, 11) is 1.59. The van der Waals surface area contributed by atoms with Crippen LogP contribution in [0.5, 0.6) is 5.75 Å². The van der Waals surface area contributed by atoms with Gasteiger partial charge in [0.25, 0.3) is 5.91 Å². The highest BCUT2D eigenvalue weighted by molar-refractivity contribution is 6.30. The highest BCUT2D eigenvalue weighted by atomic mass is 35.5. The van der Waals surface area contributed by atoms with E-state index in [1.165, 1.54) is 0 Å². The Hall–Kier alpha value is -3.31. The standard InChI is InChI=1S/C24H21ClN2O3/c1-30-21-12-10-19(11-13-21)26-22(28)16-2-8-20(9-3-16)27-23(29)24(14-15-24)17-4-6-18(25)7-5-17/h2-13H,14-15H2,1H3,(H,26,28)(H,27,29). The van der Waals surface area contributed by atoms with E-state index in [9.17, 15) is 9.59 Å². The number of hydrogen-bond donors (Lipinski definition) is 2. The molecule has 1 fully saturated rings. The molecule has 6 heteroatoms. The zero-order valence-corrected chi connectivity index (χ0v) is 17.2. The van der Waals surface area contributed by atoms with E-state index in [1.54, 1.807) is 67.8 Å². The van der Waals surface area contributed by atoms with Gasteiger partial charge in [0.1, 0.15) is 5.75 Å². The summed E-state index contributed by atoms with van der Waals surface area (Å²) in [4.78, 5) is 25.3. The van der Waals surface area contributed by atoms with Crippen LogP contribution in [0.1, 0.15) is 28.8 Å². The molecular weight excluding hydrogens is 400 g/mol. The first-order valence-corrected chi connectivity index (χ1v) is 10.0. The van der Waals surface area contributed by atoms with E-state index < -0.39 is 5.41 Å². The molecule has 1 aliphatic rings. The molecule has 0 radical (unpaired) electrons. The smallest absolute Gasteiger partial charge is 0.255 e. The zero-order chi connectivity index (χ0) is 21.1. The Morgan fingerprint density at radius 1 is 0.833 bits per heavy atom. The molecule has 1 aliphatic carbocycles. The molecular formula is C24H21ClN2O3. The normalized spacial score (nSPS) is 13.9. The first-order valence-electron chi connectivity index (χ1n) is 9.63. The predicted molar refractivity (Wildman–Crippen MR) is 118 cm³/mol. The monoisotopic (exact) mass is 420 g/mol. The van der Waals surface area contributed by atoms with Crippen LogP contribution in [0.3, 0.4) is 0 Å². The molecule has 0 unspecified atom stereocenters. The second kappa shape index (κ2) is 8.20. The number of hydrogen-bond acceptors (Lipinski definition) is 3. The lowest BCUT2D eigenvalue weighted by Gasteiger charge is -2.16. The van der Waals surface area contributed by atoms with E-state index in [2.05, 4.69) is 10.6 Å². The van der Waals surface area contributed by atoms with Gasteiger partial charge in [0.15, 0.2) is 0 Å². The number of rotatable bonds is 6. The number of carbonyl (C=O) groups is 2. The maximum Gasteiger partial charge on any atom is 0.255 e. The lowest BCUT2D eigenvalue weighted by atomic mass is 9.95. The van der Waals surface area contributed by atoms with Crippen molar-refractivity contribution in [3.63, 3.8) is 0 Å². The number of halogens is 1. The van der Waals surface area contributed by atoms with E-state index in [1.807, 2.05) is 12.1 Å². The van der Waals surface area contributed by atoms with Gasteiger partial charge in [-0.15, -0.1) is 0 Å². The average Bonchev–Trinajstić information content (AvgIpc) is 3.57. The lowest BCUT2D eigenvalue weighted by molar-refractivity contribution is -0.118.